The molecule has 2 unspecified atom stereocenters. The van der Waals surface area contributed by atoms with E-state index >= 15 is 0 Å². The molecule has 104 valence electrons. The predicted molar refractivity (Wildman–Crippen MR) is 77.7 cm³/mol. The molecule has 0 fully saturated rings. The van der Waals surface area contributed by atoms with Crippen molar-refractivity contribution < 1.29 is 4.79 Å². The summed E-state index contributed by atoms with van der Waals surface area (Å²) in [5.74, 6) is 0.697. The molecule has 0 spiro atoms. The fourth-order valence-electron chi connectivity index (χ4n) is 2.76. The average molecular weight is 260 g/mol. The Labute approximate surface area is 115 Å². The third-order valence-corrected chi connectivity index (χ3v) is 4.18. The summed E-state index contributed by atoms with van der Waals surface area (Å²) < 4.78 is 0. The summed E-state index contributed by atoms with van der Waals surface area (Å²) in [6.07, 6.45) is 2.62. The van der Waals surface area contributed by atoms with Crippen molar-refractivity contribution in [1.82, 2.24) is 4.90 Å². The van der Waals surface area contributed by atoms with Crippen molar-refractivity contribution in [2.45, 2.75) is 39.2 Å². The van der Waals surface area contributed by atoms with E-state index in [2.05, 4.69) is 32.0 Å². The molecule has 0 saturated carbocycles. The molecule has 2 N–H and O–H groups in total. The Bertz CT molecular complexity index is 444. The molecular weight excluding hydrogens is 236 g/mol. The van der Waals surface area contributed by atoms with E-state index < -0.39 is 0 Å². The molecule has 19 heavy (non-hydrogen) atoms. The maximum absolute atomic E-state index is 12.4. The zero-order valence-corrected chi connectivity index (χ0v) is 11.9. The Morgan fingerprint density at radius 1 is 1.47 bits per heavy atom. The van der Waals surface area contributed by atoms with E-state index in [1.54, 1.807) is 0 Å². The number of nitrogens with two attached hydrogens (primary N) is 1. The number of carbonyl (C=O) groups excluding carboxylic acids is 1. The number of hydrogen-bond donors (Lipinski definition) is 1. The number of carbonyl (C=O) groups is 1. The van der Waals surface area contributed by atoms with Crippen LogP contribution in [0.3, 0.4) is 0 Å². The van der Waals surface area contributed by atoms with Gasteiger partial charge in [0.05, 0.1) is 6.04 Å². The van der Waals surface area contributed by atoms with Gasteiger partial charge in [-0.1, -0.05) is 44.5 Å². The number of fused-ring (bicyclic) bond motifs is 1. The highest BCUT2D eigenvalue weighted by atomic mass is 16.2. The van der Waals surface area contributed by atoms with Crippen molar-refractivity contribution in [3.8, 4) is 0 Å². The molecule has 0 bridgehead atoms. The van der Waals surface area contributed by atoms with Crippen LogP contribution in [0, 0.1) is 5.92 Å². The molecule has 1 aromatic carbocycles. The maximum Gasteiger partial charge on any atom is 0.223 e. The molecule has 3 nitrogen and oxygen atoms in total. The summed E-state index contributed by atoms with van der Waals surface area (Å²) in [6, 6.07) is 8.40. The molecule has 3 heteroatoms. The Hall–Kier alpha value is -1.35. The highest BCUT2D eigenvalue weighted by Crippen LogP contribution is 2.29. The lowest BCUT2D eigenvalue weighted by atomic mass is 9.91. The molecule has 0 saturated heterocycles. The topological polar surface area (TPSA) is 46.3 Å². The fourth-order valence-corrected chi connectivity index (χ4v) is 2.76. The van der Waals surface area contributed by atoms with Crippen molar-refractivity contribution in [3.63, 3.8) is 0 Å². The number of hydrogen-bond acceptors (Lipinski definition) is 2. The lowest BCUT2D eigenvalue weighted by Gasteiger charge is -2.37. The predicted octanol–water partition coefficient (Wildman–Crippen LogP) is 2.51. The van der Waals surface area contributed by atoms with Gasteiger partial charge >= 0.3 is 0 Å². The molecule has 0 aromatic heterocycles. The first-order chi connectivity index (χ1) is 9.17. The van der Waals surface area contributed by atoms with E-state index in [0.29, 0.717) is 18.9 Å². The van der Waals surface area contributed by atoms with Crippen LogP contribution in [0.15, 0.2) is 24.3 Å². The van der Waals surface area contributed by atoms with E-state index in [-0.39, 0.29) is 11.9 Å². The van der Waals surface area contributed by atoms with Gasteiger partial charge in [-0.15, -0.1) is 0 Å². The number of benzene rings is 1. The van der Waals surface area contributed by atoms with Crippen LogP contribution < -0.4 is 5.73 Å². The second-order valence-corrected chi connectivity index (χ2v) is 5.50. The van der Waals surface area contributed by atoms with Gasteiger partial charge in [0.2, 0.25) is 5.91 Å². The molecule has 1 aliphatic rings. The lowest BCUT2D eigenvalue weighted by Crippen LogP contribution is -2.43. The minimum Gasteiger partial charge on any atom is -0.334 e. The molecule has 0 aliphatic carbocycles. The molecule has 2 atom stereocenters. The van der Waals surface area contributed by atoms with Crippen molar-refractivity contribution in [1.29, 1.82) is 0 Å². The largest absolute Gasteiger partial charge is 0.334 e. The summed E-state index contributed by atoms with van der Waals surface area (Å²) in [7, 11) is 0. The first-order valence-electron chi connectivity index (χ1n) is 7.24. The minimum atomic E-state index is 0.0570. The van der Waals surface area contributed by atoms with Crippen LogP contribution in [0.2, 0.25) is 0 Å². The zero-order chi connectivity index (χ0) is 13.8. The summed E-state index contributed by atoms with van der Waals surface area (Å²) >= 11 is 0. The van der Waals surface area contributed by atoms with Crippen LogP contribution in [-0.4, -0.2) is 23.9 Å². The maximum atomic E-state index is 12.4. The zero-order valence-electron chi connectivity index (χ0n) is 11.9. The van der Waals surface area contributed by atoms with Gasteiger partial charge in [0.15, 0.2) is 0 Å². The van der Waals surface area contributed by atoms with Gasteiger partial charge in [-0.05, 0) is 23.5 Å². The summed E-state index contributed by atoms with van der Waals surface area (Å²) in [5.41, 5.74) is 8.48. The van der Waals surface area contributed by atoms with E-state index in [4.69, 9.17) is 5.73 Å². The van der Waals surface area contributed by atoms with Gasteiger partial charge in [0, 0.05) is 19.5 Å². The van der Waals surface area contributed by atoms with Gasteiger partial charge < -0.3 is 10.6 Å². The van der Waals surface area contributed by atoms with Crippen LogP contribution in [0.1, 0.15) is 43.9 Å². The fraction of sp³-hybridized carbons (Fsp3) is 0.562. The quantitative estimate of drug-likeness (QED) is 0.904. The van der Waals surface area contributed by atoms with Gasteiger partial charge in [0.1, 0.15) is 0 Å². The smallest absolute Gasteiger partial charge is 0.223 e. The second-order valence-electron chi connectivity index (χ2n) is 5.50. The SMILES string of the molecule is CCC(C)CC(=O)N1CCc2ccccc2C1CN. The third kappa shape index (κ3) is 2.98. The van der Waals surface area contributed by atoms with Gasteiger partial charge in [0.25, 0.3) is 0 Å². The van der Waals surface area contributed by atoms with E-state index in [1.165, 1.54) is 11.1 Å². The second kappa shape index (κ2) is 6.20. The van der Waals surface area contributed by atoms with Crippen LogP contribution in [0.4, 0.5) is 0 Å². The van der Waals surface area contributed by atoms with Crippen LogP contribution in [-0.2, 0) is 11.2 Å². The Balaban J connectivity index is 2.17. The number of rotatable bonds is 4. The molecule has 1 aliphatic heterocycles. The Kier molecular flexibility index (Phi) is 4.59. The van der Waals surface area contributed by atoms with Crippen molar-refractivity contribution in [2.24, 2.45) is 11.7 Å². The molecule has 1 heterocycles. The minimum absolute atomic E-state index is 0.0570. The van der Waals surface area contributed by atoms with Crippen molar-refractivity contribution in [3.05, 3.63) is 35.4 Å². The van der Waals surface area contributed by atoms with E-state index in [0.717, 1.165) is 19.4 Å². The van der Waals surface area contributed by atoms with Crippen LogP contribution in [0.25, 0.3) is 0 Å². The molecule has 0 radical (unpaired) electrons. The number of nitrogens with zero attached hydrogens (tertiary/aromatic N) is 1. The van der Waals surface area contributed by atoms with E-state index in [9.17, 15) is 4.79 Å². The Morgan fingerprint density at radius 2 is 2.21 bits per heavy atom. The third-order valence-electron chi connectivity index (χ3n) is 4.18. The first-order valence-corrected chi connectivity index (χ1v) is 7.24. The molecule has 1 amide bonds. The van der Waals surface area contributed by atoms with E-state index in [1.807, 2.05) is 11.0 Å². The monoisotopic (exact) mass is 260 g/mol. The summed E-state index contributed by atoms with van der Waals surface area (Å²) in [6.45, 7) is 5.56. The molecular formula is C16H24N2O. The normalized spacial score (nSPS) is 19.9. The first kappa shape index (κ1) is 14.1. The van der Waals surface area contributed by atoms with Gasteiger partial charge in [-0.25, -0.2) is 0 Å². The summed E-state index contributed by atoms with van der Waals surface area (Å²) in [4.78, 5) is 14.4. The Morgan fingerprint density at radius 3 is 2.89 bits per heavy atom. The molecule has 2 rings (SSSR count). The highest BCUT2D eigenvalue weighted by Gasteiger charge is 2.29. The lowest BCUT2D eigenvalue weighted by molar-refractivity contribution is -0.134. The van der Waals surface area contributed by atoms with Gasteiger partial charge in [-0.2, -0.15) is 0 Å². The highest BCUT2D eigenvalue weighted by molar-refractivity contribution is 5.77. The average Bonchev–Trinajstić information content (AvgIpc) is 2.45. The summed E-state index contributed by atoms with van der Waals surface area (Å²) in [5, 5.41) is 0. The van der Waals surface area contributed by atoms with Crippen LogP contribution in [0.5, 0.6) is 0 Å². The van der Waals surface area contributed by atoms with Crippen molar-refractivity contribution >= 4 is 5.91 Å². The number of amides is 1. The van der Waals surface area contributed by atoms with Crippen LogP contribution >= 0.6 is 0 Å². The van der Waals surface area contributed by atoms with Crippen molar-refractivity contribution in [2.75, 3.05) is 13.1 Å². The molecule has 1 aromatic rings. The standard InChI is InChI=1S/C16H24N2O/c1-3-12(2)10-16(19)18-9-8-13-6-4-5-7-14(13)15(18)11-17/h4-7,12,15H,3,8-11,17H2,1-2H3. The van der Waals surface area contributed by atoms with Gasteiger partial charge in [-0.3, -0.25) is 4.79 Å².